The third kappa shape index (κ3) is 6.30. The first-order valence-electron chi connectivity index (χ1n) is 13.6. The predicted octanol–water partition coefficient (Wildman–Crippen LogP) is 7.10. The normalized spacial score (nSPS) is 15.3. The molecule has 0 unspecified atom stereocenters. The zero-order chi connectivity index (χ0) is 29.1. The molecule has 3 heterocycles. The highest BCUT2D eigenvalue weighted by atomic mass is 35.5. The van der Waals surface area contributed by atoms with Crippen molar-refractivity contribution >= 4 is 46.7 Å². The fraction of sp³-hybridized carbons (Fsp3) is 0.281. The highest BCUT2D eigenvalue weighted by molar-refractivity contribution is 7.99. The van der Waals surface area contributed by atoms with Gasteiger partial charge in [-0.15, -0.1) is 0 Å². The molecule has 0 aliphatic carbocycles. The van der Waals surface area contributed by atoms with Crippen molar-refractivity contribution in [2.75, 3.05) is 6.61 Å². The summed E-state index contributed by atoms with van der Waals surface area (Å²) in [5.41, 5.74) is 2.88. The zero-order valence-corrected chi connectivity index (χ0v) is 25.7. The van der Waals surface area contributed by atoms with E-state index in [9.17, 15) is 9.59 Å². The van der Waals surface area contributed by atoms with Crippen molar-refractivity contribution in [1.29, 1.82) is 0 Å². The van der Waals surface area contributed by atoms with Crippen molar-refractivity contribution in [3.8, 4) is 0 Å². The Kier molecular flexibility index (Phi) is 9.02. The maximum absolute atomic E-state index is 13.9. The molecule has 0 saturated heterocycles. The van der Waals surface area contributed by atoms with Crippen molar-refractivity contribution in [1.82, 2.24) is 4.57 Å². The molecule has 0 fully saturated rings. The van der Waals surface area contributed by atoms with Gasteiger partial charge < -0.3 is 9.15 Å². The molecule has 2 aromatic carbocycles. The Bertz CT molecular complexity index is 1760. The van der Waals surface area contributed by atoms with Gasteiger partial charge in [-0.3, -0.25) is 9.36 Å². The maximum atomic E-state index is 13.9. The number of fused-ring (bicyclic) bond motifs is 1. The van der Waals surface area contributed by atoms with Crippen LogP contribution in [0.2, 0.25) is 5.02 Å². The van der Waals surface area contributed by atoms with E-state index in [1.165, 1.54) is 28.7 Å². The summed E-state index contributed by atoms with van der Waals surface area (Å²) in [5, 5.41) is 1.37. The van der Waals surface area contributed by atoms with Crippen molar-refractivity contribution in [2.24, 2.45) is 4.99 Å². The number of esters is 1. The van der Waals surface area contributed by atoms with Crippen LogP contribution in [0.3, 0.4) is 0 Å². The summed E-state index contributed by atoms with van der Waals surface area (Å²) in [4.78, 5) is 33.7. The molecule has 9 heteroatoms. The van der Waals surface area contributed by atoms with Crippen LogP contribution in [0.1, 0.15) is 69.4 Å². The lowest BCUT2D eigenvalue weighted by molar-refractivity contribution is -0.139. The summed E-state index contributed by atoms with van der Waals surface area (Å²) >= 11 is 8.77. The number of hydrogen-bond donors (Lipinski definition) is 0. The first-order chi connectivity index (χ1) is 19.8. The van der Waals surface area contributed by atoms with Crippen LogP contribution in [-0.4, -0.2) is 17.1 Å². The van der Waals surface area contributed by atoms with E-state index in [2.05, 4.69) is 26.0 Å². The molecule has 0 saturated carbocycles. The van der Waals surface area contributed by atoms with Crippen LogP contribution in [0.15, 0.2) is 96.1 Å². The lowest BCUT2D eigenvalue weighted by Crippen LogP contribution is -2.40. The van der Waals surface area contributed by atoms with Crippen LogP contribution in [0.4, 0.5) is 0 Å². The van der Waals surface area contributed by atoms with Gasteiger partial charge in [0.15, 0.2) is 9.89 Å². The summed E-state index contributed by atoms with van der Waals surface area (Å²) in [7, 11) is 0. The van der Waals surface area contributed by atoms with Gasteiger partial charge in [-0.1, -0.05) is 86.2 Å². The second-order valence-corrected chi connectivity index (χ2v) is 12.5. The van der Waals surface area contributed by atoms with E-state index >= 15 is 0 Å². The van der Waals surface area contributed by atoms with E-state index in [1.807, 2.05) is 55.5 Å². The monoisotopic (exact) mass is 606 g/mol. The minimum Gasteiger partial charge on any atom is -0.463 e. The number of hydrogen-bond acceptors (Lipinski definition) is 7. The number of allylic oxidation sites excluding steroid dienone is 1. The molecule has 0 radical (unpaired) electrons. The third-order valence-corrected chi connectivity index (χ3v) is 8.88. The molecule has 0 amide bonds. The number of aromatic nitrogens is 1. The number of rotatable bonds is 9. The van der Waals surface area contributed by atoms with Crippen LogP contribution < -0.4 is 14.9 Å². The molecule has 2 aromatic heterocycles. The van der Waals surface area contributed by atoms with Crippen LogP contribution in [0.5, 0.6) is 0 Å². The Hall–Kier alpha value is -3.33. The Morgan fingerprint density at radius 1 is 1.12 bits per heavy atom. The Morgan fingerprint density at radius 3 is 2.51 bits per heavy atom. The second-order valence-electron chi connectivity index (χ2n) is 9.95. The van der Waals surface area contributed by atoms with Gasteiger partial charge in [-0.2, -0.15) is 0 Å². The Balaban J connectivity index is 1.60. The minimum atomic E-state index is -0.636. The standard InChI is InChI=1S/C32H31ClN2O4S2/c1-5-7-25-28(31(37)38-6-2)29(21-10-8-20(9-11-21)19(3)4)35-30(36)26(41-32(35)34-25)18-23-14-17-27(39-23)40-24-15-12-22(33)13-16-24/h8-19,29H,5-7H2,1-4H3/b26-18+/t29-/m1/s1. The van der Waals surface area contributed by atoms with Crippen LogP contribution in [0.25, 0.3) is 6.08 Å². The average molecular weight is 607 g/mol. The maximum Gasteiger partial charge on any atom is 0.338 e. The van der Waals surface area contributed by atoms with Gasteiger partial charge in [0, 0.05) is 16.0 Å². The molecule has 41 heavy (non-hydrogen) atoms. The average Bonchev–Trinajstić information content (AvgIpc) is 3.52. The van der Waals surface area contributed by atoms with Gasteiger partial charge in [-0.25, -0.2) is 9.79 Å². The molecule has 5 rings (SSSR count). The van der Waals surface area contributed by atoms with Crippen molar-refractivity contribution < 1.29 is 13.9 Å². The lowest BCUT2D eigenvalue weighted by atomic mass is 9.92. The third-order valence-electron chi connectivity index (χ3n) is 6.72. The largest absolute Gasteiger partial charge is 0.463 e. The van der Waals surface area contributed by atoms with Gasteiger partial charge in [0.1, 0.15) is 5.76 Å². The number of nitrogens with zero attached hydrogens (tertiary/aromatic N) is 2. The Morgan fingerprint density at radius 2 is 1.85 bits per heavy atom. The van der Waals surface area contributed by atoms with Crippen LogP contribution in [-0.2, 0) is 9.53 Å². The molecule has 1 aliphatic rings. The number of carbonyl (C=O) groups is 1. The van der Waals surface area contributed by atoms with Crippen molar-refractivity contribution in [3.05, 3.63) is 114 Å². The Labute approximate surface area is 252 Å². The van der Waals surface area contributed by atoms with Gasteiger partial charge in [0.05, 0.1) is 28.5 Å². The predicted molar refractivity (Wildman–Crippen MR) is 164 cm³/mol. The number of furan rings is 1. The molecule has 6 nitrogen and oxygen atoms in total. The van der Waals surface area contributed by atoms with Crippen molar-refractivity contribution in [2.45, 2.75) is 62.5 Å². The van der Waals surface area contributed by atoms with E-state index in [-0.39, 0.29) is 12.2 Å². The number of thiazole rings is 1. The summed E-state index contributed by atoms with van der Waals surface area (Å²) in [5.74, 6) is 0.475. The molecular weight excluding hydrogens is 576 g/mol. The second kappa shape index (κ2) is 12.7. The molecule has 0 N–H and O–H groups in total. The first-order valence-corrected chi connectivity index (χ1v) is 15.6. The summed E-state index contributed by atoms with van der Waals surface area (Å²) in [6.45, 7) is 8.33. The number of benzene rings is 2. The number of carbonyl (C=O) groups excluding carboxylic acids is 1. The molecule has 1 aliphatic heterocycles. The van der Waals surface area contributed by atoms with E-state index < -0.39 is 12.0 Å². The summed E-state index contributed by atoms with van der Waals surface area (Å²) in [6, 6.07) is 18.7. The highest BCUT2D eigenvalue weighted by Gasteiger charge is 2.34. The molecule has 0 bridgehead atoms. The minimum absolute atomic E-state index is 0.229. The fourth-order valence-electron chi connectivity index (χ4n) is 4.71. The number of halogens is 1. The smallest absolute Gasteiger partial charge is 0.338 e. The zero-order valence-electron chi connectivity index (χ0n) is 23.3. The molecular formula is C32H31ClN2O4S2. The van der Waals surface area contributed by atoms with Gasteiger partial charge >= 0.3 is 5.97 Å². The quantitative estimate of drug-likeness (QED) is 0.190. The SMILES string of the molecule is CCCC1=C(C(=O)OCC)[C@@H](c2ccc(C(C)C)cc2)n2c(s/c(=C/c3ccc(Sc4ccc(Cl)cc4)o3)c2=O)=N1. The van der Waals surface area contributed by atoms with E-state index in [1.54, 1.807) is 17.6 Å². The van der Waals surface area contributed by atoms with E-state index in [4.69, 9.17) is 25.7 Å². The molecule has 212 valence electrons. The lowest BCUT2D eigenvalue weighted by Gasteiger charge is -2.26. The van der Waals surface area contributed by atoms with Gasteiger partial charge in [-0.05, 0) is 66.8 Å². The first kappa shape index (κ1) is 29.2. The highest BCUT2D eigenvalue weighted by Crippen LogP contribution is 2.34. The van der Waals surface area contributed by atoms with E-state index in [0.717, 1.165) is 16.9 Å². The van der Waals surface area contributed by atoms with Gasteiger partial charge in [0.2, 0.25) is 0 Å². The fourth-order valence-corrected chi connectivity index (χ4v) is 6.62. The summed E-state index contributed by atoms with van der Waals surface area (Å²) in [6.07, 6.45) is 3.14. The van der Waals surface area contributed by atoms with E-state index in [0.29, 0.717) is 48.8 Å². The molecule has 1 atom stereocenters. The van der Waals surface area contributed by atoms with Gasteiger partial charge in [0.25, 0.3) is 5.56 Å². The molecule has 4 aromatic rings. The molecule has 0 spiro atoms. The van der Waals surface area contributed by atoms with Crippen LogP contribution >= 0.6 is 34.7 Å². The van der Waals surface area contributed by atoms with Crippen LogP contribution in [0, 0.1) is 0 Å². The topological polar surface area (TPSA) is 73.8 Å². The van der Waals surface area contributed by atoms with Crippen molar-refractivity contribution in [3.63, 3.8) is 0 Å². The summed E-state index contributed by atoms with van der Waals surface area (Å²) < 4.78 is 13.6. The number of ether oxygens (including phenoxy) is 1.